The van der Waals surface area contributed by atoms with Gasteiger partial charge < -0.3 is 9.64 Å². The zero-order chi connectivity index (χ0) is 19.0. The zero-order valence-electron chi connectivity index (χ0n) is 16.6. The van der Waals surface area contributed by atoms with E-state index < -0.39 is 0 Å². The zero-order valence-corrected chi connectivity index (χ0v) is 16.6. The van der Waals surface area contributed by atoms with Gasteiger partial charge in [0.05, 0.1) is 11.4 Å². The molecule has 3 aromatic carbocycles. The van der Waals surface area contributed by atoms with Crippen molar-refractivity contribution >= 4 is 17.1 Å². The lowest BCUT2D eigenvalue weighted by Crippen LogP contribution is -2.21. The maximum atomic E-state index is 6.39. The second-order valence-electron chi connectivity index (χ2n) is 7.69. The normalized spacial score (nSPS) is 13.0. The van der Waals surface area contributed by atoms with Crippen LogP contribution in [0.5, 0.6) is 11.5 Å². The molecule has 0 amide bonds. The molecule has 0 atom stereocenters. The summed E-state index contributed by atoms with van der Waals surface area (Å²) in [6.45, 7) is 8.97. The Balaban J connectivity index is 1.90. The monoisotopic (exact) mass is 357 g/mol. The highest BCUT2D eigenvalue weighted by Gasteiger charge is 2.29. The molecule has 4 rings (SSSR count). The molecule has 2 nitrogen and oxygen atoms in total. The third-order valence-electron chi connectivity index (χ3n) is 6.05. The summed E-state index contributed by atoms with van der Waals surface area (Å²) in [5.74, 6) is 1.85. The SMILES string of the molecule is CCC(C)(CC)c1ccc2c(c1)Oc1cc(C)ccc1N2c1ccccc1. The summed E-state index contributed by atoms with van der Waals surface area (Å²) in [5.41, 5.74) is 6.04. The van der Waals surface area contributed by atoms with Gasteiger partial charge in [-0.2, -0.15) is 0 Å². The Morgan fingerprint density at radius 1 is 0.815 bits per heavy atom. The van der Waals surface area contributed by atoms with Crippen LogP contribution in [-0.4, -0.2) is 0 Å². The average molecular weight is 357 g/mol. The molecule has 0 saturated carbocycles. The van der Waals surface area contributed by atoms with Gasteiger partial charge in [-0.3, -0.25) is 0 Å². The standard InChI is InChI=1S/C25H27NO/c1-5-25(4,6-2)19-13-15-22-24(17-19)27-23-16-18(3)12-14-21(23)26(22)20-10-8-7-9-11-20/h7-17H,5-6H2,1-4H3. The highest BCUT2D eigenvalue weighted by molar-refractivity contribution is 5.86. The van der Waals surface area contributed by atoms with Crippen molar-refractivity contribution < 1.29 is 4.74 Å². The minimum Gasteiger partial charge on any atom is -0.453 e. The number of benzene rings is 3. The molecular weight excluding hydrogens is 330 g/mol. The second kappa shape index (κ2) is 6.77. The van der Waals surface area contributed by atoms with Crippen LogP contribution < -0.4 is 9.64 Å². The fourth-order valence-corrected chi connectivity index (χ4v) is 3.81. The maximum absolute atomic E-state index is 6.39. The van der Waals surface area contributed by atoms with E-state index in [4.69, 9.17) is 4.74 Å². The van der Waals surface area contributed by atoms with Crippen LogP contribution >= 0.6 is 0 Å². The Morgan fingerprint density at radius 3 is 2.11 bits per heavy atom. The van der Waals surface area contributed by atoms with Crippen LogP contribution in [0.25, 0.3) is 0 Å². The van der Waals surface area contributed by atoms with E-state index in [-0.39, 0.29) is 5.41 Å². The van der Waals surface area contributed by atoms with Gasteiger partial charge in [-0.25, -0.2) is 0 Å². The van der Waals surface area contributed by atoms with Gasteiger partial charge in [-0.1, -0.05) is 51.1 Å². The highest BCUT2D eigenvalue weighted by Crippen LogP contribution is 2.51. The van der Waals surface area contributed by atoms with Gasteiger partial charge in [-0.15, -0.1) is 0 Å². The summed E-state index contributed by atoms with van der Waals surface area (Å²) in [4.78, 5) is 2.30. The van der Waals surface area contributed by atoms with Crippen LogP contribution in [0.15, 0.2) is 66.7 Å². The molecule has 0 radical (unpaired) electrons. The van der Waals surface area contributed by atoms with Crippen molar-refractivity contribution in [3.05, 3.63) is 77.9 Å². The van der Waals surface area contributed by atoms with Crippen LogP contribution in [0.4, 0.5) is 17.1 Å². The molecule has 0 spiro atoms. The largest absolute Gasteiger partial charge is 0.453 e. The number of para-hydroxylation sites is 1. The molecule has 3 aromatic rings. The molecule has 2 heteroatoms. The van der Waals surface area contributed by atoms with Crippen molar-refractivity contribution in [3.8, 4) is 11.5 Å². The molecule has 0 aromatic heterocycles. The second-order valence-corrected chi connectivity index (χ2v) is 7.69. The Labute approximate surface area is 162 Å². The molecular formula is C25H27NO. The first-order valence-electron chi connectivity index (χ1n) is 9.84. The number of anilines is 3. The maximum Gasteiger partial charge on any atom is 0.151 e. The molecule has 0 saturated heterocycles. The smallest absolute Gasteiger partial charge is 0.151 e. The molecule has 0 fully saturated rings. The van der Waals surface area contributed by atoms with Crippen molar-refractivity contribution in [3.63, 3.8) is 0 Å². The molecule has 1 aliphatic heterocycles. The minimum absolute atomic E-state index is 0.169. The lowest BCUT2D eigenvalue weighted by atomic mass is 9.77. The summed E-state index contributed by atoms with van der Waals surface area (Å²) in [6.07, 6.45) is 2.22. The van der Waals surface area contributed by atoms with Crippen LogP contribution in [0.2, 0.25) is 0 Å². The van der Waals surface area contributed by atoms with Gasteiger partial charge in [0, 0.05) is 5.69 Å². The summed E-state index contributed by atoms with van der Waals surface area (Å²) in [5, 5.41) is 0. The van der Waals surface area contributed by atoms with Crippen LogP contribution in [-0.2, 0) is 5.41 Å². The van der Waals surface area contributed by atoms with Gasteiger partial charge in [0.25, 0.3) is 0 Å². The van der Waals surface area contributed by atoms with Crippen LogP contribution in [0, 0.1) is 6.92 Å². The molecule has 0 N–H and O–H groups in total. The topological polar surface area (TPSA) is 12.5 Å². The Hall–Kier alpha value is -2.74. The van der Waals surface area contributed by atoms with Crippen molar-refractivity contribution in [1.82, 2.24) is 0 Å². The number of aryl methyl sites for hydroxylation is 1. The lowest BCUT2D eigenvalue weighted by molar-refractivity contribution is 0.431. The van der Waals surface area contributed by atoms with Crippen molar-refractivity contribution in [1.29, 1.82) is 0 Å². The Morgan fingerprint density at radius 2 is 1.44 bits per heavy atom. The van der Waals surface area contributed by atoms with Gasteiger partial charge >= 0.3 is 0 Å². The minimum atomic E-state index is 0.169. The van der Waals surface area contributed by atoms with E-state index in [9.17, 15) is 0 Å². The third-order valence-corrected chi connectivity index (χ3v) is 6.05. The summed E-state index contributed by atoms with van der Waals surface area (Å²) in [6, 6.07) is 23.6. The first-order valence-corrected chi connectivity index (χ1v) is 9.84. The number of nitrogens with zero attached hydrogens (tertiary/aromatic N) is 1. The van der Waals surface area contributed by atoms with E-state index in [0.717, 1.165) is 41.4 Å². The molecule has 27 heavy (non-hydrogen) atoms. The van der Waals surface area contributed by atoms with Gasteiger partial charge in [0.2, 0.25) is 0 Å². The predicted molar refractivity (Wildman–Crippen MR) is 114 cm³/mol. The summed E-state index contributed by atoms with van der Waals surface area (Å²) in [7, 11) is 0. The third kappa shape index (κ3) is 2.99. The van der Waals surface area contributed by atoms with E-state index in [2.05, 4.69) is 99.3 Å². The fourth-order valence-electron chi connectivity index (χ4n) is 3.81. The predicted octanol–water partition coefficient (Wildman–Crippen LogP) is 7.65. The van der Waals surface area contributed by atoms with Crippen LogP contribution in [0.1, 0.15) is 44.7 Å². The Bertz CT molecular complexity index is 957. The molecule has 1 aliphatic rings. The molecule has 0 aliphatic carbocycles. The van der Waals surface area contributed by atoms with E-state index in [1.54, 1.807) is 0 Å². The van der Waals surface area contributed by atoms with Gasteiger partial charge in [-0.05, 0) is 72.7 Å². The van der Waals surface area contributed by atoms with Crippen molar-refractivity contribution in [2.24, 2.45) is 0 Å². The molecule has 1 heterocycles. The van der Waals surface area contributed by atoms with E-state index in [1.165, 1.54) is 11.1 Å². The average Bonchev–Trinajstić information content (AvgIpc) is 2.71. The van der Waals surface area contributed by atoms with Crippen molar-refractivity contribution in [2.75, 3.05) is 4.90 Å². The fraction of sp³-hybridized carbons (Fsp3) is 0.280. The van der Waals surface area contributed by atoms with Gasteiger partial charge in [0.1, 0.15) is 0 Å². The van der Waals surface area contributed by atoms with Crippen LogP contribution in [0.3, 0.4) is 0 Å². The molecule has 0 bridgehead atoms. The number of rotatable bonds is 4. The van der Waals surface area contributed by atoms with E-state index in [1.807, 2.05) is 0 Å². The number of hydrogen-bond donors (Lipinski definition) is 0. The Kier molecular flexibility index (Phi) is 4.43. The van der Waals surface area contributed by atoms with E-state index >= 15 is 0 Å². The number of fused-ring (bicyclic) bond motifs is 2. The molecule has 138 valence electrons. The molecule has 0 unspecified atom stereocenters. The first-order chi connectivity index (χ1) is 13.1. The quantitative estimate of drug-likeness (QED) is 0.372. The summed E-state index contributed by atoms with van der Waals surface area (Å²) < 4.78 is 6.39. The number of hydrogen-bond acceptors (Lipinski definition) is 2. The first kappa shape index (κ1) is 17.7. The number of ether oxygens (including phenoxy) is 1. The summed E-state index contributed by atoms with van der Waals surface area (Å²) >= 11 is 0. The highest BCUT2D eigenvalue weighted by atomic mass is 16.5. The van der Waals surface area contributed by atoms with Gasteiger partial charge in [0.15, 0.2) is 11.5 Å². The van der Waals surface area contributed by atoms with Crippen molar-refractivity contribution in [2.45, 2.75) is 46.0 Å². The van der Waals surface area contributed by atoms with E-state index in [0.29, 0.717) is 0 Å². The lowest BCUT2D eigenvalue weighted by Gasteiger charge is -2.35.